The Hall–Kier alpha value is -1.67. The number of aromatic nitrogens is 1. The number of aryl methyl sites for hydroxylation is 2. The van der Waals surface area contributed by atoms with E-state index in [4.69, 9.17) is 4.98 Å². The van der Waals surface area contributed by atoms with E-state index in [1.54, 1.807) is 0 Å². The third kappa shape index (κ3) is 12.2. The molecule has 0 aliphatic carbocycles. The van der Waals surface area contributed by atoms with Gasteiger partial charge in [0.05, 0.1) is 5.60 Å². The summed E-state index contributed by atoms with van der Waals surface area (Å²) in [7, 11) is 0. The van der Waals surface area contributed by atoms with Crippen LogP contribution < -0.4 is 0 Å². The molecule has 0 radical (unpaired) electrons. The molecular weight excluding hydrogens is 414 g/mol. The van der Waals surface area contributed by atoms with Gasteiger partial charge in [0.15, 0.2) is 0 Å². The van der Waals surface area contributed by atoms with Crippen LogP contribution in [0.4, 0.5) is 0 Å². The van der Waals surface area contributed by atoms with Crippen molar-refractivity contribution in [2.75, 3.05) is 0 Å². The van der Waals surface area contributed by atoms with Crippen molar-refractivity contribution < 1.29 is 5.11 Å². The van der Waals surface area contributed by atoms with Crippen LogP contribution in [0, 0.1) is 13.8 Å². The van der Waals surface area contributed by atoms with Crippen LogP contribution in [0.5, 0.6) is 0 Å². The average molecular weight is 472 g/mol. The van der Waals surface area contributed by atoms with Gasteiger partial charge in [-0.05, 0) is 61.9 Å². The molecular formula is C32H57NO. The highest BCUT2D eigenvalue weighted by Crippen LogP contribution is 2.29. The second kappa shape index (κ2) is 13.4. The van der Waals surface area contributed by atoms with Crippen molar-refractivity contribution in [2.45, 2.75) is 140 Å². The van der Waals surface area contributed by atoms with Gasteiger partial charge < -0.3 is 5.11 Å². The minimum Gasteiger partial charge on any atom is -0.386 e. The van der Waals surface area contributed by atoms with Gasteiger partial charge in [-0.2, -0.15) is 0 Å². The SMILES string of the molecule is CC.CC.Cc1cc(C(C)(C)C)cc(C(C)(C)O)c1.Cc1cc(C(C)(C)C)nc(C(C)(C)C)c1. The third-order valence-corrected chi connectivity index (χ3v) is 5.16. The van der Waals surface area contributed by atoms with Gasteiger partial charge in [0.2, 0.25) is 0 Å². The summed E-state index contributed by atoms with van der Waals surface area (Å²) in [6.45, 7) is 35.7. The lowest BCUT2D eigenvalue weighted by molar-refractivity contribution is 0.0784. The zero-order valence-electron chi connectivity index (χ0n) is 25.8. The first-order valence-corrected chi connectivity index (χ1v) is 13.1. The van der Waals surface area contributed by atoms with Crippen molar-refractivity contribution in [3.63, 3.8) is 0 Å². The molecule has 0 aliphatic heterocycles. The largest absolute Gasteiger partial charge is 0.386 e. The highest BCUT2D eigenvalue weighted by molar-refractivity contribution is 5.35. The number of hydrogen-bond acceptors (Lipinski definition) is 2. The average Bonchev–Trinajstić information content (AvgIpc) is 2.68. The second-order valence-electron chi connectivity index (χ2n) is 12.3. The van der Waals surface area contributed by atoms with E-state index in [1.165, 1.54) is 28.1 Å². The van der Waals surface area contributed by atoms with Crippen LogP contribution in [-0.2, 0) is 21.8 Å². The Morgan fingerprint density at radius 2 is 0.824 bits per heavy atom. The Bertz CT molecular complexity index is 713. The van der Waals surface area contributed by atoms with Crippen LogP contribution in [0.1, 0.15) is 137 Å². The van der Waals surface area contributed by atoms with Gasteiger partial charge in [-0.25, -0.2) is 0 Å². The summed E-state index contributed by atoms with van der Waals surface area (Å²) in [6.07, 6.45) is 0. The van der Waals surface area contributed by atoms with E-state index in [9.17, 15) is 5.11 Å². The Labute approximate surface area is 213 Å². The molecule has 1 aromatic heterocycles. The minimum absolute atomic E-state index is 0.131. The van der Waals surface area contributed by atoms with E-state index in [2.05, 4.69) is 106 Å². The number of nitrogens with zero attached hydrogens (tertiary/aromatic N) is 1. The molecule has 0 aliphatic rings. The van der Waals surface area contributed by atoms with Crippen molar-refractivity contribution in [3.8, 4) is 0 Å². The zero-order valence-corrected chi connectivity index (χ0v) is 25.8. The van der Waals surface area contributed by atoms with E-state index in [-0.39, 0.29) is 16.2 Å². The molecule has 1 aromatic carbocycles. The zero-order chi connectivity index (χ0) is 27.7. The lowest BCUT2D eigenvalue weighted by Crippen LogP contribution is -2.20. The first-order chi connectivity index (χ1) is 15.2. The smallest absolute Gasteiger partial charge is 0.0840 e. The maximum atomic E-state index is 10.0. The van der Waals surface area contributed by atoms with Crippen molar-refractivity contribution >= 4 is 0 Å². The summed E-state index contributed by atoms with van der Waals surface area (Å²) in [5.41, 5.74) is 6.79. The van der Waals surface area contributed by atoms with E-state index >= 15 is 0 Å². The van der Waals surface area contributed by atoms with Crippen LogP contribution in [0.3, 0.4) is 0 Å². The van der Waals surface area contributed by atoms with E-state index in [0.717, 1.165) is 5.56 Å². The fourth-order valence-corrected chi connectivity index (χ4v) is 3.01. The van der Waals surface area contributed by atoms with E-state index in [1.807, 2.05) is 41.5 Å². The fourth-order valence-electron chi connectivity index (χ4n) is 3.01. The standard InChI is InChI=1S/C14H23N.C14H22O.2C2H6/c1-10-8-11(13(2,3)4)15-12(9-10)14(5,6)7;1-10-7-11(13(2,3)4)9-12(8-10)14(5,6)15;2*1-2/h8-9H,1-7H3;7-9,15H,1-6H3;2*1-2H3. The lowest BCUT2D eigenvalue weighted by Gasteiger charge is -2.24. The van der Waals surface area contributed by atoms with Crippen LogP contribution >= 0.6 is 0 Å². The first kappa shape index (κ1) is 34.5. The summed E-state index contributed by atoms with van der Waals surface area (Å²) < 4.78 is 0. The number of aliphatic hydroxyl groups is 1. The predicted molar refractivity (Wildman–Crippen MR) is 154 cm³/mol. The lowest BCUT2D eigenvalue weighted by atomic mass is 9.83. The van der Waals surface area contributed by atoms with Crippen LogP contribution in [0.2, 0.25) is 0 Å². The van der Waals surface area contributed by atoms with Gasteiger partial charge in [-0.1, -0.05) is 114 Å². The molecule has 34 heavy (non-hydrogen) atoms. The van der Waals surface area contributed by atoms with Gasteiger partial charge in [0, 0.05) is 22.2 Å². The monoisotopic (exact) mass is 471 g/mol. The Balaban J connectivity index is 0. The molecule has 0 saturated heterocycles. The molecule has 2 aromatic rings. The van der Waals surface area contributed by atoms with Gasteiger partial charge >= 0.3 is 0 Å². The van der Waals surface area contributed by atoms with Crippen molar-refractivity contribution in [3.05, 3.63) is 64.0 Å². The quantitative estimate of drug-likeness (QED) is 0.449. The topological polar surface area (TPSA) is 33.1 Å². The Kier molecular flexibility index (Phi) is 13.6. The normalized spacial score (nSPS) is 11.8. The van der Waals surface area contributed by atoms with Gasteiger partial charge in [0.25, 0.3) is 0 Å². The summed E-state index contributed by atoms with van der Waals surface area (Å²) in [5, 5.41) is 10.0. The van der Waals surface area contributed by atoms with Crippen LogP contribution in [0.25, 0.3) is 0 Å². The van der Waals surface area contributed by atoms with Crippen LogP contribution in [0.15, 0.2) is 30.3 Å². The molecule has 0 bridgehead atoms. The molecule has 2 heteroatoms. The summed E-state index contributed by atoms with van der Waals surface area (Å²) in [5.74, 6) is 0. The highest BCUT2D eigenvalue weighted by Gasteiger charge is 2.22. The Morgan fingerprint density at radius 1 is 0.500 bits per heavy atom. The summed E-state index contributed by atoms with van der Waals surface area (Å²) in [4.78, 5) is 4.78. The molecule has 0 amide bonds. The number of hydrogen-bond donors (Lipinski definition) is 1. The molecule has 196 valence electrons. The highest BCUT2D eigenvalue weighted by atomic mass is 16.3. The first-order valence-electron chi connectivity index (χ1n) is 13.1. The van der Waals surface area contributed by atoms with Crippen LogP contribution in [-0.4, -0.2) is 10.1 Å². The molecule has 0 fully saturated rings. The molecule has 0 saturated carbocycles. The minimum atomic E-state index is -0.758. The predicted octanol–water partition coefficient (Wildman–Crippen LogP) is 9.56. The molecule has 1 heterocycles. The van der Waals surface area contributed by atoms with Crippen molar-refractivity contribution in [1.29, 1.82) is 0 Å². The Morgan fingerprint density at radius 3 is 1.12 bits per heavy atom. The van der Waals surface area contributed by atoms with Gasteiger partial charge in [-0.3, -0.25) is 4.98 Å². The number of rotatable bonds is 1. The van der Waals surface area contributed by atoms with E-state index in [0.29, 0.717) is 0 Å². The number of benzene rings is 1. The van der Waals surface area contributed by atoms with Crippen molar-refractivity contribution in [1.82, 2.24) is 4.98 Å². The summed E-state index contributed by atoms with van der Waals surface area (Å²) in [6, 6.07) is 10.7. The molecule has 0 spiro atoms. The van der Waals surface area contributed by atoms with Gasteiger partial charge in [-0.15, -0.1) is 0 Å². The van der Waals surface area contributed by atoms with Gasteiger partial charge in [0.1, 0.15) is 0 Å². The molecule has 2 rings (SSSR count). The van der Waals surface area contributed by atoms with Crippen molar-refractivity contribution in [2.24, 2.45) is 0 Å². The maximum absolute atomic E-state index is 10.0. The summed E-state index contributed by atoms with van der Waals surface area (Å²) >= 11 is 0. The molecule has 0 unspecified atom stereocenters. The van der Waals surface area contributed by atoms with E-state index < -0.39 is 5.60 Å². The second-order valence-corrected chi connectivity index (χ2v) is 12.3. The molecule has 0 atom stereocenters. The fraction of sp³-hybridized carbons (Fsp3) is 0.656. The number of pyridine rings is 1. The maximum Gasteiger partial charge on any atom is 0.0840 e. The molecule has 2 nitrogen and oxygen atoms in total. The third-order valence-electron chi connectivity index (χ3n) is 5.16. The molecule has 1 N–H and O–H groups in total.